The quantitative estimate of drug-likeness (QED) is 0.227. The van der Waals surface area contributed by atoms with Crippen LogP contribution in [0.2, 0.25) is 15.1 Å². The number of hydrogen-bond acceptors (Lipinski definition) is 4. The lowest BCUT2D eigenvalue weighted by atomic mass is 10.1. The Labute approximate surface area is 182 Å². The highest BCUT2D eigenvalue weighted by molar-refractivity contribution is 6.36. The van der Waals surface area contributed by atoms with E-state index in [4.69, 9.17) is 50.1 Å². The van der Waals surface area contributed by atoms with Gasteiger partial charge in [0.1, 0.15) is 12.4 Å². The van der Waals surface area contributed by atoms with Crippen molar-refractivity contribution in [3.05, 3.63) is 98.5 Å². The van der Waals surface area contributed by atoms with E-state index in [9.17, 15) is 4.79 Å². The van der Waals surface area contributed by atoms with Crippen molar-refractivity contribution in [2.75, 3.05) is 0 Å². The molecule has 2 N–H and O–H groups in total. The highest BCUT2D eigenvalue weighted by atomic mass is 35.5. The summed E-state index contributed by atoms with van der Waals surface area (Å²) in [6.45, 7) is 0.272. The molecule has 0 amide bonds. The van der Waals surface area contributed by atoms with Gasteiger partial charge in [0, 0.05) is 15.6 Å². The van der Waals surface area contributed by atoms with Crippen LogP contribution in [0.1, 0.15) is 21.5 Å². The number of benzene rings is 3. The minimum Gasteiger partial charge on any atom is -0.489 e. The van der Waals surface area contributed by atoms with Gasteiger partial charge in [0.2, 0.25) is 0 Å². The van der Waals surface area contributed by atoms with Gasteiger partial charge in [-0.05, 0) is 60.2 Å². The number of nitrogens with two attached hydrogens (primary N) is 1. The Morgan fingerprint density at radius 3 is 2.38 bits per heavy atom. The first-order chi connectivity index (χ1) is 13.9. The Balaban J connectivity index is 1.64. The van der Waals surface area contributed by atoms with Crippen LogP contribution in [0.3, 0.4) is 0 Å². The molecule has 0 radical (unpaired) electrons. The Hall–Kier alpha value is -2.73. The van der Waals surface area contributed by atoms with Crippen molar-refractivity contribution in [1.82, 2.24) is 0 Å². The topological polar surface area (TPSA) is 73.9 Å². The van der Waals surface area contributed by atoms with Crippen LogP contribution in [0.25, 0.3) is 0 Å². The van der Waals surface area contributed by atoms with Gasteiger partial charge in [0.25, 0.3) is 0 Å². The van der Waals surface area contributed by atoms with Crippen LogP contribution in [-0.2, 0) is 11.4 Å². The van der Waals surface area contributed by atoms with E-state index in [0.717, 1.165) is 5.56 Å². The molecule has 3 rings (SSSR count). The molecule has 0 saturated carbocycles. The minimum atomic E-state index is -0.661. The van der Waals surface area contributed by atoms with Crippen LogP contribution in [0, 0.1) is 0 Å². The van der Waals surface area contributed by atoms with Gasteiger partial charge >= 0.3 is 5.97 Å². The van der Waals surface area contributed by atoms with Gasteiger partial charge in [-0.15, -0.1) is 0 Å². The van der Waals surface area contributed by atoms with Crippen molar-refractivity contribution >= 4 is 46.6 Å². The lowest BCUT2D eigenvalue weighted by Gasteiger charge is -2.07. The van der Waals surface area contributed by atoms with Crippen molar-refractivity contribution in [3.63, 3.8) is 0 Å². The Bertz CT molecular complexity index is 1050. The average Bonchev–Trinajstić information content (AvgIpc) is 2.71. The van der Waals surface area contributed by atoms with E-state index in [0.29, 0.717) is 31.9 Å². The van der Waals surface area contributed by atoms with Crippen LogP contribution < -0.4 is 10.5 Å². The summed E-state index contributed by atoms with van der Waals surface area (Å²) >= 11 is 17.8. The molecule has 0 saturated heterocycles. The van der Waals surface area contributed by atoms with Crippen LogP contribution in [-0.4, -0.2) is 11.8 Å². The van der Waals surface area contributed by atoms with Crippen LogP contribution in [0.15, 0.2) is 71.9 Å². The maximum atomic E-state index is 12.3. The third kappa shape index (κ3) is 5.87. The fraction of sp³-hybridized carbons (Fsp3) is 0.0476. The number of carbonyl (C=O) groups excluding carboxylic acids is 1. The fourth-order valence-corrected chi connectivity index (χ4v) is 3.01. The molecule has 0 bridgehead atoms. The summed E-state index contributed by atoms with van der Waals surface area (Å²) in [6, 6.07) is 18.5. The van der Waals surface area contributed by atoms with Gasteiger partial charge in [-0.2, -0.15) is 0 Å². The van der Waals surface area contributed by atoms with E-state index >= 15 is 0 Å². The third-order valence-electron chi connectivity index (χ3n) is 3.82. The first-order valence-electron chi connectivity index (χ1n) is 8.40. The summed E-state index contributed by atoms with van der Waals surface area (Å²) in [5.41, 5.74) is 7.34. The number of carbonyl (C=O) groups is 1. The second-order valence-electron chi connectivity index (χ2n) is 5.92. The van der Waals surface area contributed by atoms with E-state index in [1.165, 1.54) is 6.07 Å². The lowest BCUT2D eigenvalue weighted by Crippen LogP contribution is -2.16. The molecule has 0 fully saturated rings. The highest BCUT2D eigenvalue weighted by Crippen LogP contribution is 2.21. The van der Waals surface area contributed by atoms with Crippen LogP contribution >= 0.6 is 34.8 Å². The molecular weight excluding hydrogens is 435 g/mol. The smallest absolute Gasteiger partial charge is 0.365 e. The van der Waals surface area contributed by atoms with Gasteiger partial charge in [0.05, 0.1) is 10.6 Å². The van der Waals surface area contributed by atoms with E-state index in [1.54, 1.807) is 54.6 Å². The van der Waals surface area contributed by atoms with Crippen molar-refractivity contribution in [2.45, 2.75) is 6.61 Å². The molecule has 3 aromatic rings. The largest absolute Gasteiger partial charge is 0.489 e. The molecule has 0 atom stereocenters. The van der Waals surface area contributed by atoms with Gasteiger partial charge in [-0.1, -0.05) is 52.1 Å². The predicted molar refractivity (Wildman–Crippen MR) is 115 cm³/mol. The second-order valence-corrected chi connectivity index (χ2v) is 7.20. The third-order valence-corrected chi connectivity index (χ3v) is 4.62. The van der Waals surface area contributed by atoms with E-state index in [2.05, 4.69) is 5.16 Å². The molecule has 3 aromatic carbocycles. The molecular formula is C21H15Cl3N2O3. The van der Waals surface area contributed by atoms with Crippen molar-refractivity contribution < 1.29 is 14.4 Å². The van der Waals surface area contributed by atoms with Crippen LogP contribution in [0.5, 0.6) is 5.75 Å². The Morgan fingerprint density at radius 1 is 0.931 bits per heavy atom. The summed E-state index contributed by atoms with van der Waals surface area (Å²) < 4.78 is 5.68. The number of hydrogen-bond donors (Lipinski definition) is 1. The first kappa shape index (κ1) is 21.0. The summed E-state index contributed by atoms with van der Waals surface area (Å²) in [6.07, 6.45) is 0. The summed E-state index contributed by atoms with van der Waals surface area (Å²) in [7, 11) is 0. The number of halogens is 3. The molecule has 0 heterocycles. The number of amidine groups is 1. The number of oxime groups is 1. The highest BCUT2D eigenvalue weighted by Gasteiger charge is 2.11. The molecule has 0 aliphatic rings. The van der Waals surface area contributed by atoms with Crippen LogP contribution in [0.4, 0.5) is 0 Å². The van der Waals surface area contributed by atoms with Crippen molar-refractivity contribution in [1.29, 1.82) is 0 Å². The molecule has 0 unspecified atom stereocenters. The number of rotatable bonds is 6. The predicted octanol–water partition coefficient (Wildman–Crippen LogP) is 5.70. The molecule has 148 valence electrons. The SMILES string of the molecule is N/C(=N\OC(=O)c1cccc(COc2ccc(Cl)cc2)c1)c1ccc(Cl)cc1Cl. The number of nitrogens with zero attached hydrogens (tertiary/aromatic N) is 1. The maximum absolute atomic E-state index is 12.3. The molecule has 29 heavy (non-hydrogen) atoms. The molecule has 0 aliphatic heterocycles. The molecule has 0 spiro atoms. The molecule has 0 aliphatic carbocycles. The lowest BCUT2D eigenvalue weighted by molar-refractivity contribution is 0.0516. The van der Waals surface area contributed by atoms with Gasteiger partial charge < -0.3 is 15.3 Å². The molecule has 0 aromatic heterocycles. The normalized spacial score (nSPS) is 11.2. The van der Waals surface area contributed by atoms with Gasteiger partial charge in [0.15, 0.2) is 5.84 Å². The average molecular weight is 450 g/mol. The maximum Gasteiger partial charge on any atom is 0.365 e. The van der Waals surface area contributed by atoms with Gasteiger partial charge in [-0.3, -0.25) is 0 Å². The minimum absolute atomic E-state index is 0.0396. The van der Waals surface area contributed by atoms with E-state index in [1.807, 2.05) is 6.07 Å². The van der Waals surface area contributed by atoms with Gasteiger partial charge in [-0.25, -0.2) is 4.79 Å². The Kier molecular flexibility index (Phi) is 6.99. The summed E-state index contributed by atoms with van der Waals surface area (Å²) in [5, 5.41) is 5.05. The van der Waals surface area contributed by atoms with Crippen molar-refractivity contribution in [3.8, 4) is 5.75 Å². The molecule has 8 heteroatoms. The molecule has 5 nitrogen and oxygen atoms in total. The standard InChI is InChI=1S/C21H15Cl3N2O3/c22-15-4-7-17(8-5-15)28-12-13-2-1-3-14(10-13)21(27)29-26-20(25)18-9-6-16(23)11-19(18)24/h1-11H,12H2,(H2,25,26). The van der Waals surface area contributed by atoms with E-state index in [-0.39, 0.29) is 12.4 Å². The second kappa shape index (κ2) is 9.65. The Morgan fingerprint density at radius 2 is 1.66 bits per heavy atom. The zero-order valence-corrected chi connectivity index (χ0v) is 17.2. The fourth-order valence-electron chi connectivity index (χ4n) is 2.38. The summed E-state index contributed by atoms with van der Waals surface area (Å²) in [5.74, 6) is -0.0341. The zero-order chi connectivity index (χ0) is 20.8. The summed E-state index contributed by atoms with van der Waals surface area (Å²) in [4.78, 5) is 17.2. The number of ether oxygens (including phenoxy) is 1. The van der Waals surface area contributed by atoms with Crippen molar-refractivity contribution in [2.24, 2.45) is 10.9 Å². The van der Waals surface area contributed by atoms with E-state index < -0.39 is 5.97 Å². The zero-order valence-electron chi connectivity index (χ0n) is 14.9. The first-order valence-corrected chi connectivity index (χ1v) is 9.53. The monoisotopic (exact) mass is 448 g/mol.